The number of fused-ring (bicyclic) bond motifs is 3. The molecule has 0 saturated heterocycles. The van der Waals surface area contributed by atoms with Crippen LogP contribution in [0, 0.1) is 20.2 Å². The van der Waals surface area contributed by atoms with Gasteiger partial charge in [0.15, 0.2) is 0 Å². The number of carbonyl (C=O) groups excluding carboxylic acids is 3. The highest BCUT2D eigenvalue weighted by Crippen LogP contribution is 2.31. The Hall–Kier alpha value is -11.7. The van der Waals surface area contributed by atoms with Crippen molar-refractivity contribution in [3.63, 3.8) is 0 Å². The maximum atomic E-state index is 12.0. The number of para-hydroxylation sites is 3. The molecule has 1 atom stereocenters. The number of aliphatic carboxylic acids is 1. The number of ether oxygens (including phenoxy) is 5. The monoisotopic (exact) mass is 1350 g/mol. The number of esters is 2. The van der Waals surface area contributed by atoms with E-state index in [1.807, 2.05) is 171 Å². The van der Waals surface area contributed by atoms with Crippen LogP contribution in [0.5, 0.6) is 34.5 Å². The van der Waals surface area contributed by atoms with Crippen molar-refractivity contribution in [1.82, 2.24) is 15.0 Å². The fourth-order valence-corrected chi connectivity index (χ4v) is 9.18. The fourth-order valence-electron chi connectivity index (χ4n) is 8.80. The van der Waals surface area contributed by atoms with Gasteiger partial charge in [-0.05, 0) is 180 Å². The zero-order valence-corrected chi connectivity index (χ0v) is 53.4. The average molecular weight is 1350 g/mol. The van der Waals surface area contributed by atoms with Crippen molar-refractivity contribution in [1.29, 1.82) is 0 Å². The molecule has 0 saturated carbocycles. The predicted octanol–water partition coefficient (Wildman–Crippen LogP) is 14.8. The largest absolute Gasteiger partial charge is 0.488 e. The number of benzene rings is 9. The van der Waals surface area contributed by atoms with Gasteiger partial charge in [-0.25, -0.2) is 9.59 Å². The second-order valence-corrected chi connectivity index (χ2v) is 20.8. The number of nitro groups is 2. The molecule has 0 bridgehead atoms. The molecule has 486 valence electrons. The van der Waals surface area contributed by atoms with E-state index >= 15 is 0 Å². The van der Waals surface area contributed by atoms with Crippen LogP contribution in [0.3, 0.4) is 0 Å². The van der Waals surface area contributed by atoms with E-state index in [1.165, 1.54) is 27.4 Å². The topological polar surface area (TPSA) is 309 Å². The molecular formula is C72H67BBrN5O16. The molecule has 21 nitrogen and oxygen atoms in total. The molecule has 0 aliphatic rings. The summed E-state index contributed by atoms with van der Waals surface area (Å²) in [5.41, 5.74) is 8.66. The Kier molecular flexibility index (Phi) is 29.2. The summed E-state index contributed by atoms with van der Waals surface area (Å²) >= 11 is 3.40. The third kappa shape index (κ3) is 24.2. The van der Waals surface area contributed by atoms with E-state index < -0.39 is 47.5 Å². The van der Waals surface area contributed by atoms with Crippen molar-refractivity contribution < 1.29 is 67.9 Å². The quantitative estimate of drug-likeness (QED) is 0.0214. The number of aromatic amines is 3. The summed E-state index contributed by atoms with van der Waals surface area (Å²) < 4.78 is 27.5. The van der Waals surface area contributed by atoms with E-state index in [-0.39, 0.29) is 19.6 Å². The third-order valence-electron chi connectivity index (χ3n) is 13.1. The van der Waals surface area contributed by atoms with E-state index in [4.69, 9.17) is 43.7 Å². The Morgan fingerprint density at radius 2 is 0.926 bits per heavy atom. The lowest BCUT2D eigenvalue weighted by molar-refractivity contribution is -0.510. The molecule has 23 heteroatoms. The van der Waals surface area contributed by atoms with Crippen LogP contribution < -0.4 is 19.7 Å². The number of carbonyl (C=O) groups is 4. The van der Waals surface area contributed by atoms with E-state index in [0.717, 1.165) is 67.7 Å². The van der Waals surface area contributed by atoms with E-state index in [9.17, 15) is 29.8 Å². The van der Waals surface area contributed by atoms with Crippen molar-refractivity contribution in [3.05, 3.63) is 279 Å². The van der Waals surface area contributed by atoms with Gasteiger partial charge in [-0.2, -0.15) is 0 Å². The van der Waals surface area contributed by atoms with Gasteiger partial charge in [-0.3, -0.25) is 25.0 Å². The van der Waals surface area contributed by atoms with Crippen LogP contribution in [-0.2, 0) is 35.1 Å². The summed E-state index contributed by atoms with van der Waals surface area (Å²) in [4.78, 5) is 68.4. The molecule has 95 heavy (non-hydrogen) atoms. The molecule has 0 aliphatic heterocycles. The van der Waals surface area contributed by atoms with Crippen LogP contribution in [0.4, 0.5) is 0 Å². The zero-order chi connectivity index (χ0) is 68.5. The molecule has 0 fully saturated rings. The molecule has 0 amide bonds. The first-order valence-corrected chi connectivity index (χ1v) is 30.1. The third-order valence-corrected chi connectivity index (χ3v) is 13.6. The number of nitrogens with one attached hydrogen (secondary N) is 3. The summed E-state index contributed by atoms with van der Waals surface area (Å²) in [6.45, 7) is 5.85. The standard InChI is InChI=1S/C25H22N2O5.C20H15NO.C12H11BO3.C8H6BrN.C4H7NO4.C2H4O2.CH2O/c1-2-31-25(28)24(27(29)30)15-19-16-26-23-13-10-18(14-22(19)23)17-8-11-21(12-9-17)32-20-6-4-3-5-7-20;1-2-4-18(5-3-1)22-19-9-6-15(7-10-19)16-8-11-20-17(14-16)12-13-21-20;14-13(15)10-6-8-12(9-7-10)16-11-4-2-1-3-5-11;9-7-1-2-8-6(5-7)3-4-10-8;1-2-9-4(6)3-5(7)8;1-2(3)4;1-2/h3-14,16,24,26H,2,15H2,1H3;1-14,21H;1-9,14-15H;1-5,10H;2-3H2,1H3;1H3,(H,3,4);1H2. The summed E-state index contributed by atoms with van der Waals surface area (Å²) in [7, 11) is -1.44. The van der Waals surface area contributed by atoms with Crippen LogP contribution in [0.2, 0.25) is 0 Å². The number of carboxylic acid groups (broad SMARTS) is 1. The highest BCUT2D eigenvalue weighted by atomic mass is 79.9. The van der Waals surface area contributed by atoms with Crippen LogP contribution >= 0.6 is 15.9 Å². The minimum absolute atomic E-state index is 0.0425. The molecule has 0 aliphatic carbocycles. The summed E-state index contributed by atoms with van der Waals surface area (Å²) in [6.07, 6.45) is 5.57. The molecule has 12 aromatic rings. The first-order chi connectivity index (χ1) is 45.9. The first-order valence-electron chi connectivity index (χ1n) is 29.3. The number of carboxylic acids is 1. The SMILES string of the molecule is Brc1ccc2[nH]ccc2c1.C=O.CC(=O)O.CCOC(=O)C(Cc1c[nH]c2ccc(-c3ccc(Oc4ccccc4)cc3)cc12)[N+](=O)[O-].CCOC(=O)C[N+](=O)[O-].OB(O)c1ccc(Oc2ccccc2)cc1.c1ccc(Oc2ccc(-c3ccc4[nH]ccc4c3)cc2)cc1. The number of nitrogens with zero attached hydrogens (tertiary/aromatic N) is 2. The van der Waals surface area contributed by atoms with Crippen molar-refractivity contribution in [3.8, 4) is 56.8 Å². The lowest BCUT2D eigenvalue weighted by Gasteiger charge is -2.09. The molecule has 3 heterocycles. The van der Waals surface area contributed by atoms with Gasteiger partial charge in [0.2, 0.25) is 0 Å². The van der Waals surface area contributed by atoms with Gasteiger partial charge in [-0.1, -0.05) is 119 Å². The van der Waals surface area contributed by atoms with Crippen molar-refractivity contribution in [2.24, 2.45) is 0 Å². The second kappa shape index (κ2) is 38.3. The Morgan fingerprint density at radius 3 is 1.36 bits per heavy atom. The average Bonchev–Trinajstić information content (AvgIpc) is 1.72. The van der Waals surface area contributed by atoms with Gasteiger partial charge in [-0.15, -0.1) is 0 Å². The summed E-state index contributed by atoms with van der Waals surface area (Å²) in [5, 5.41) is 49.6. The number of hydrogen-bond acceptors (Lipinski definition) is 15. The van der Waals surface area contributed by atoms with E-state index in [1.54, 1.807) is 44.3 Å². The molecular weight excluding hydrogens is 1280 g/mol. The van der Waals surface area contributed by atoms with Gasteiger partial charge in [0, 0.05) is 67.2 Å². The van der Waals surface area contributed by atoms with Gasteiger partial charge in [0.05, 0.1) is 19.6 Å². The zero-order valence-electron chi connectivity index (χ0n) is 51.8. The Labute approximate surface area is 555 Å². The fraction of sp³-hybridized carbons (Fsp3) is 0.111. The number of hydrogen-bond donors (Lipinski definition) is 6. The molecule has 3 aromatic heterocycles. The lowest BCUT2D eigenvalue weighted by atomic mass is 9.80. The Morgan fingerprint density at radius 1 is 0.526 bits per heavy atom. The number of aromatic nitrogens is 3. The van der Waals surface area contributed by atoms with Gasteiger partial charge < -0.3 is 58.6 Å². The predicted molar refractivity (Wildman–Crippen MR) is 369 cm³/mol. The Balaban J connectivity index is 0.000000197. The highest BCUT2D eigenvalue weighted by Gasteiger charge is 2.32. The minimum Gasteiger partial charge on any atom is -0.481 e. The molecule has 0 spiro atoms. The number of H-pyrrole nitrogens is 3. The second-order valence-electron chi connectivity index (χ2n) is 19.9. The smallest absolute Gasteiger partial charge is 0.481 e. The maximum absolute atomic E-state index is 12.0. The van der Waals surface area contributed by atoms with Gasteiger partial charge in [0.25, 0.3) is 12.5 Å². The lowest BCUT2D eigenvalue weighted by Crippen LogP contribution is -2.33. The van der Waals surface area contributed by atoms with Crippen LogP contribution in [0.25, 0.3) is 55.0 Å². The van der Waals surface area contributed by atoms with Gasteiger partial charge >= 0.3 is 25.1 Å². The Bertz CT molecular complexity index is 4320. The summed E-state index contributed by atoms with van der Waals surface area (Å²) in [6, 6.07) is 72.5. The minimum atomic E-state index is -1.44. The highest BCUT2D eigenvalue weighted by molar-refractivity contribution is 9.10. The maximum Gasteiger partial charge on any atom is 0.488 e. The van der Waals surface area contributed by atoms with Crippen LogP contribution in [0.15, 0.2) is 254 Å². The molecule has 0 radical (unpaired) electrons. The molecule has 9 aromatic carbocycles. The van der Waals surface area contributed by atoms with Crippen molar-refractivity contribution in [2.75, 3.05) is 19.8 Å². The first kappa shape index (κ1) is 72.4. The van der Waals surface area contributed by atoms with Gasteiger partial charge in [0.1, 0.15) is 41.3 Å². The number of halogens is 1. The van der Waals surface area contributed by atoms with Crippen molar-refractivity contribution in [2.45, 2.75) is 33.2 Å². The van der Waals surface area contributed by atoms with Crippen LogP contribution in [-0.4, -0.2) is 97.6 Å². The van der Waals surface area contributed by atoms with Crippen molar-refractivity contribution >= 4 is 85.9 Å². The normalized spacial score (nSPS) is 10.3. The molecule has 12 rings (SSSR count). The van der Waals surface area contributed by atoms with E-state index in [2.05, 4.69) is 90.2 Å². The molecule has 1 unspecified atom stereocenters. The summed E-state index contributed by atoms with van der Waals surface area (Å²) in [5.74, 6) is 2.16. The number of rotatable bonds is 17. The van der Waals surface area contributed by atoms with E-state index in [0.29, 0.717) is 16.8 Å². The van der Waals surface area contributed by atoms with Crippen LogP contribution in [0.1, 0.15) is 26.3 Å². The molecule has 6 N–H and O–H groups in total.